The van der Waals surface area contributed by atoms with Crippen LogP contribution in [0, 0.1) is 0 Å². The summed E-state index contributed by atoms with van der Waals surface area (Å²) in [5, 5.41) is 3.51. The Labute approximate surface area is 135 Å². The Morgan fingerprint density at radius 2 is 2.10 bits per heavy atom. The van der Waals surface area contributed by atoms with Crippen LogP contribution in [0.25, 0.3) is 0 Å². The molecule has 0 aliphatic carbocycles. The van der Waals surface area contributed by atoms with E-state index in [4.69, 9.17) is 5.73 Å². The number of hydrogen-bond donors (Lipinski definition) is 2. The van der Waals surface area contributed by atoms with Crippen LogP contribution in [-0.4, -0.2) is 41.0 Å². The van der Waals surface area contributed by atoms with Crippen molar-refractivity contribution in [1.82, 2.24) is 5.32 Å². The molecule has 1 saturated heterocycles. The molecule has 1 aromatic carbocycles. The van der Waals surface area contributed by atoms with Gasteiger partial charge in [0.1, 0.15) is 0 Å². The van der Waals surface area contributed by atoms with Crippen molar-refractivity contribution in [2.24, 2.45) is 5.73 Å². The van der Waals surface area contributed by atoms with Crippen molar-refractivity contribution < 1.29 is 4.79 Å². The van der Waals surface area contributed by atoms with E-state index in [0.717, 1.165) is 17.9 Å². The van der Waals surface area contributed by atoms with E-state index in [2.05, 4.69) is 5.32 Å². The topological polar surface area (TPSA) is 55.1 Å². The molecule has 20 heavy (non-hydrogen) atoms. The van der Waals surface area contributed by atoms with Gasteiger partial charge in [0, 0.05) is 29.1 Å². The minimum absolute atomic E-state index is 0. The minimum Gasteiger partial charge on any atom is -0.354 e. The zero-order valence-electron chi connectivity index (χ0n) is 11.3. The van der Waals surface area contributed by atoms with Gasteiger partial charge in [-0.2, -0.15) is 23.5 Å². The molecule has 0 aromatic heterocycles. The molecule has 1 fully saturated rings. The lowest BCUT2D eigenvalue weighted by atomic mass is 10.1. The van der Waals surface area contributed by atoms with Gasteiger partial charge in [-0.05, 0) is 12.0 Å². The lowest BCUT2D eigenvalue weighted by Crippen LogP contribution is -2.44. The van der Waals surface area contributed by atoms with Gasteiger partial charge in [0.05, 0.1) is 6.04 Å². The third kappa shape index (κ3) is 5.95. The molecule has 1 amide bonds. The number of halogens is 1. The molecule has 3 nitrogen and oxygen atoms in total. The van der Waals surface area contributed by atoms with E-state index in [1.165, 1.54) is 11.5 Å². The Balaban J connectivity index is 0.00000200. The minimum atomic E-state index is -0.455. The van der Waals surface area contributed by atoms with Gasteiger partial charge in [-0.3, -0.25) is 4.79 Å². The zero-order valence-corrected chi connectivity index (χ0v) is 13.7. The van der Waals surface area contributed by atoms with Gasteiger partial charge in [-0.25, -0.2) is 0 Å². The lowest BCUT2D eigenvalue weighted by molar-refractivity contribution is -0.122. The molecule has 2 atom stereocenters. The van der Waals surface area contributed by atoms with Crippen molar-refractivity contribution in [3.8, 4) is 0 Å². The van der Waals surface area contributed by atoms with Crippen molar-refractivity contribution in [3.05, 3.63) is 35.9 Å². The van der Waals surface area contributed by atoms with Crippen LogP contribution >= 0.6 is 35.9 Å². The van der Waals surface area contributed by atoms with Crippen molar-refractivity contribution in [3.63, 3.8) is 0 Å². The molecule has 1 aromatic rings. The van der Waals surface area contributed by atoms with Gasteiger partial charge < -0.3 is 11.1 Å². The molecule has 112 valence electrons. The van der Waals surface area contributed by atoms with E-state index < -0.39 is 6.04 Å². The normalized spacial score (nSPS) is 19.8. The second-order valence-corrected chi connectivity index (χ2v) is 7.17. The van der Waals surface area contributed by atoms with Gasteiger partial charge in [0.25, 0.3) is 0 Å². The average molecular weight is 333 g/mol. The lowest BCUT2D eigenvalue weighted by Gasteiger charge is -2.22. The number of benzene rings is 1. The van der Waals surface area contributed by atoms with Gasteiger partial charge >= 0.3 is 0 Å². The Bertz CT molecular complexity index is 399. The summed E-state index contributed by atoms with van der Waals surface area (Å²) in [6.45, 7) is 0.735. The van der Waals surface area contributed by atoms with Gasteiger partial charge in [-0.1, -0.05) is 30.3 Å². The molecule has 0 bridgehead atoms. The highest BCUT2D eigenvalue weighted by molar-refractivity contribution is 8.06. The van der Waals surface area contributed by atoms with Crippen LogP contribution in [0.15, 0.2) is 30.3 Å². The van der Waals surface area contributed by atoms with Crippen LogP contribution < -0.4 is 11.1 Å². The quantitative estimate of drug-likeness (QED) is 0.865. The fraction of sp³-hybridized carbons (Fsp3) is 0.500. The summed E-state index contributed by atoms with van der Waals surface area (Å²) in [6.07, 6.45) is 0.596. The van der Waals surface area contributed by atoms with Crippen molar-refractivity contribution >= 4 is 41.8 Å². The summed E-state index contributed by atoms with van der Waals surface area (Å²) < 4.78 is 0. The first-order valence-corrected chi connectivity index (χ1v) is 8.72. The molecule has 1 aliphatic rings. The fourth-order valence-corrected chi connectivity index (χ4v) is 4.57. The van der Waals surface area contributed by atoms with Crippen LogP contribution in [0.4, 0.5) is 0 Å². The van der Waals surface area contributed by atoms with Crippen LogP contribution in [0.1, 0.15) is 5.56 Å². The monoisotopic (exact) mass is 332 g/mol. The molecular weight excluding hydrogens is 312 g/mol. The highest BCUT2D eigenvalue weighted by Crippen LogP contribution is 2.23. The number of hydrogen-bond acceptors (Lipinski definition) is 4. The second-order valence-electron chi connectivity index (χ2n) is 4.61. The Hall–Kier alpha value is -0.360. The number of rotatable bonds is 5. The fourth-order valence-electron chi connectivity index (χ4n) is 1.96. The maximum Gasteiger partial charge on any atom is 0.237 e. The molecular formula is C14H21ClN2OS2. The van der Waals surface area contributed by atoms with Crippen molar-refractivity contribution in [2.75, 3.05) is 23.8 Å². The SMILES string of the molecule is Cl.NC(Cc1ccccc1)C(=O)NCC1CSCCS1. The number of amides is 1. The summed E-state index contributed by atoms with van der Waals surface area (Å²) in [7, 11) is 0. The van der Waals surface area contributed by atoms with Crippen LogP contribution in [-0.2, 0) is 11.2 Å². The highest BCUT2D eigenvalue weighted by Gasteiger charge is 2.18. The summed E-state index contributed by atoms with van der Waals surface area (Å²) in [5.74, 6) is 3.49. The number of thioether (sulfide) groups is 2. The molecule has 0 spiro atoms. The predicted octanol–water partition coefficient (Wildman–Crippen LogP) is 1.94. The van der Waals surface area contributed by atoms with E-state index in [9.17, 15) is 4.79 Å². The average Bonchev–Trinajstić information content (AvgIpc) is 2.47. The molecule has 3 N–H and O–H groups in total. The summed E-state index contributed by atoms with van der Waals surface area (Å²) in [5.41, 5.74) is 7.05. The maximum absolute atomic E-state index is 11.9. The van der Waals surface area contributed by atoms with E-state index in [-0.39, 0.29) is 18.3 Å². The molecule has 1 heterocycles. The molecule has 2 unspecified atom stereocenters. The van der Waals surface area contributed by atoms with E-state index in [0.29, 0.717) is 11.7 Å². The standard InChI is InChI=1S/C14H20N2OS2.ClH/c15-13(8-11-4-2-1-3-5-11)14(17)16-9-12-10-18-6-7-19-12;/h1-5,12-13H,6-10,15H2,(H,16,17);1H. The van der Waals surface area contributed by atoms with Gasteiger partial charge in [-0.15, -0.1) is 12.4 Å². The third-order valence-corrected chi connectivity index (χ3v) is 5.87. The first-order chi connectivity index (χ1) is 9.25. The zero-order chi connectivity index (χ0) is 13.5. The van der Waals surface area contributed by atoms with Crippen molar-refractivity contribution in [1.29, 1.82) is 0 Å². The summed E-state index contributed by atoms with van der Waals surface area (Å²) in [6, 6.07) is 9.45. The van der Waals surface area contributed by atoms with E-state index >= 15 is 0 Å². The van der Waals surface area contributed by atoms with E-state index in [1.54, 1.807) is 0 Å². The smallest absolute Gasteiger partial charge is 0.237 e. The Morgan fingerprint density at radius 1 is 1.35 bits per heavy atom. The number of carbonyl (C=O) groups excluding carboxylic acids is 1. The first-order valence-electron chi connectivity index (χ1n) is 6.52. The number of nitrogens with one attached hydrogen (secondary N) is 1. The van der Waals surface area contributed by atoms with Crippen LogP contribution in [0.3, 0.4) is 0 Å². The number of carbonyl (C=O) groups is 1. The summed E-state index contributed by atoms with van der Waals surface area (Å²) >= 11 is 3.91. The maximum atomic E-state index is 11.9. The second kappa shape index (κ2) is 9.55. The molecule has 0 radical (unpaired) electrons. The van der Waals surface area contributed by atoms with Crippen molar-refractivity contribution in [2.45, 2.75) is 17.7 Å². The summed E-state index contributed by atoms with van der Waals surface area (Å²) in [4.78, 5) is 11.9. The molecule has 1 aliphatic heterocycles. The van der Waals surface area contributed by atoms with Crippen LogP contribution in [0.2, 0.25) is 0 Å². The molecule has 6 heteroatoms. The van der Waals surface area contributed by atoms with Crippen LogP contribution in [0.5, 0.6) is 0 Å². The largest absolute Gasteiger partial charge is 0.354 e. The first kappa shape index (κ1) is 17.7. The molecule has 0 saturated carbocycles. The van der Waals surface area contributed by atoms with E-state index in [1.807, 2.05) is 53.9 Å². The highest BCUT2D eigenvalue weighted by atomic mass is 35.5. The van der Waals surface area contributed by atoms with Gasteiger partial charge in [0.15, 0.2) is 0 Å². The van der Waals surface area contributed by atoms with Gasteiger partial charge in [0.2, 0.25) is 5.91 Å². The third-order valence-electron chi connectivity index (χ3n) is 3.02. The number of nitrogens with two attached hydrogens (primary N) is 1. The predicted molar refractivity (Wildman–Crippen MR) is 92.0 cm³/mol. The Morgan fingerprint density at radius 3 is 2.75 bits per heavy atom. The molecule has 2 rings (SSSR count). The Kier molecular flexibility index (Phi) is 8.45.